The Bertz CT molecular complexity index is 1710. The van der Waals surface area contributed by atoms with E-state index in [0.717, 1.165) is 67.3 Å². The summed E-state index contributed by atoms with van der Waals surface area (Å²) in [6.45, 7) is 4.53. The molecule has 248 valence electrons. The monoisotopic (exact) mass is 638 g/mol. The lowest BCUT2D eigenvalue weighted by molar-refractivity contribution is 0.227. The molecule has 0 bridgehead atoms. The maximum Gasteiger partial charge on any atom is 0.169 e. The van der Waals surface area contributed by atoms with E-state index in [9.17, 15) is 5.11 Å². The lowest BCUT2D eigenvalue weighted by Gasteiger charge is -2.35. The minimum atomic E-state index is 0.113. The first kappa shape index (κ1) is 32.5. The summed E-state index contributed by atoms with van der Waals surface area (Å²) in [5.41, 5.74) is 7.40. The molecule has 0 radical (unpaired) electrons. The van der Waals surface area contributed by atoms with Crippen LogP contribution in [0.1, 0.15) is 52.4 Å². The third-order valence-corrected chi connectivity index (χ3v) is 9.65. The first-order valence-corrected chi connectivity index (χ1v) is 16.4. The normalized spacial score (nSPS) is 17.8. The van der Waals surface area contributed by atoms with Gasteiger partial charge in [0, 0.05) is 25.2 Å². The third-order valence-electron chi connectivity index (χ3n) is 9.65. The standard InChI is InChI=1S/C39H46N2O6/c1-7-46-39-22-28-15-17-40(2)32(31(28)24-38(39)45-6)18-25-8-11-29(12-9-25)47-35-20-26(10-13-34(35)42)19-33-30-23-37(44-5)36(43-4)21-27(30)14-16-41(33)3/h8-13,20-24,32-33,42H,7,14-19H2,1-6H3/t32-,33-/m1/s1. The van der Waals surface area contributed by atoms with E-state index in [4.69, 9.17) is 23.7 Å². The Morgan fingerprint density at radius 1 is 0.638 bits per heavy atom. The van der Waals surface area contributed by atoms with Crippen LogP contribution in [0.5, 0.6) is 40.2 Å². The molecule has 8 nitrogen and oxygen atoms in total. The number of phenolic OH excluding ortho intramolecular Hbond substituents is 1. The summed E-state index contributed by atoms with van der Waals surface area (Å²) in [5, 5.41) is 10.7. The van der Waals surface area contributed by atoms with Crippen LogP contribution < -0.4 is 23.7 Å². The van der Waals surface area contributed by atoms with Crippen molar-refractivity contribution in [3.8, 4) is 40.2 Å². The molecule has 4 aromatic carbocycles. The minimum absolute atomic E-state index is 0.113. The first-order chi connectivity index (χ1) is 22.8. The van der Waals surface area contributed by atoms with Gasteiger partial charge in [-0.1, -0.05) is 18.2 Å². The van der Waals surface area contributed by atoms with Crippen LogP contribution in [0.2, 0.25) is 0 Å². The molecular formula is C39H46N2O6. The number of methoxy groups -OCH3 is 3. The number of hydrogen-bond acceptors (Lipinski definition) is 8. The van der Waals surface area contributed by atoms with Crippen molar-refractivity contribution < 1.29 is 28.8 Å². The second-order valence-corrected chi connectivity index (χ2v) is 12.5. The number of aromatic hydroxyl groups is 1. The number of fused-ring (bicyclic) bond motifs is 2. The van der Waals surface area contributed by atoms with E-state index in [-0.39, 0.29) is 17.8 Å². The molecule has 2 aliphatic heterocycles. The van der Waals surface area contributed by atoms with Crippen molar-refractivity contribution in [1.82, 2.24) is 9.80 Å². The van der Waals surface area contributed by atoms with E-state index in [0.29, 0.717) is 18.1 Å². The maximum absolute atomic E-state index is 10.7. The molecular weight excluding hydrogens is 592 g/mol. The summed E-state index contributed by atoms with van der Waals surface area (Å²) in [7, 11) is 9.38. The van der Waals surface area contributed by atoms with Crippen LogP contribution in [-0.2, 0) is 25.7 Å². The molecule has 6 rings (SSSR count). The van der Waals surface area contributed by atoms with Crippen LogP contribution in [0.4, 0.5) is 0 Å². The lowest BCUT2D eigenvalue weighted by Crippen LogP contribution is -2.33. The van der Waals surface area contributed by atoms with E-state index in [1.807, 2.05) is 31.2 Å². The molecule has 2 atom stereocenters. The van der Waals surface area contributed by atoms with Gasteiger partial charge in [0.15, 0.2) is 34.5 Å². The van der Waals surface area contributed by atoms with Gasteiger partial charge >= 0.3 is 0 Å². The number of benzene rings is 4. The molecule has 2 heterocycles. The van der Waals surface area contributed by atoms with Gasteiger partial charge in [0.25, 0.3) is 0 Å². The lowest BCUT2D eigenvalue weighted by atomic mass is 9.88. The largest absolute Gasteiger partial charge is 0.504 e. The fraction of sp³-hybridized carbons (Fsp3) is 0.385. The Morgan fingerprint density at radius 2 is 1.15 bits per heavy atom. The quantitative estimate of drug-likeness (QED) is 0.186. The topological polar surface area (TPSA) is 72.9 Å². The smallest absolute Gasteiger partial charge is 0.169 e. The van der Waals surface area contributed by atoms with Gasteiger partial charge in [0.1, 0.15) is 5.75 Å². The second kappa shape index (κ2) is 14.2. The van der Waals surface area contributed by atoms with Crippen molar-refractivity contribution in [3.63, 3.8) is 0 Å². The Hall–Kier alpha value is -4.40. The van der Waals surface area contributed by atoms with Crippen molar-refractivity contribution in [2.45, 2.75) is 44.7 Å². The number of rotatable bonds is 11. The Morgan fingerprint density at radius 3 is 1.72 bits per heavy atom. The molecule has 0 aromatic heterocycles. The van der Waals surface area contributed by atoms with Crippen LogP contribution >= 0.6 is 0 Å². The van der Waals surface area contributed by atoms with Gasteiger partial charge < -0.3 is 28.8 Å². The molecule has 0 saturated carbocycles. The van der Waals surface area contributed by atoms with Crippen LogP contribution in [-0.4, -0.2) is 70.0 Å². The van der Waals surface area contributed by atoms with E-state index in [1.54, 1.807) is 27.4 Å². The number of ether oxygens (including phenoxy) is 5. The summed E-state index contributed by atoms with van der Waals surface area (Å²) >= 11 is 0. The summed E-state index contributed by atoms with van der Waals surface area (Å²) in [5.74, 6) is 4.31. The zero-order chi connectivity index (χ0) is 33.1. The van der Waals surface area contributed by atoms with Crippen molar-refractivity contribution in [1.29, 1.82) is 0 Å². The molecule has 0 aliphatic carbocycles. The summed E-state index contributed by atoms with van der Waals surface area (Å²) < 4.78 is 29.0. The summed E-state index contributed by atoms with van der Waals surface area (Å²) in [4.78, 5) is 4.78. The Kier molecular flexibility index (Phi) is 9.80. The molecule has 0 saturated heterocycles. The van der Waals surface area contributed by atoms with Gasteiger partial charge in [0.05, 0.1) is 27.9 Å². The second-order valence-electron chi connectivity index (χ2n) is 12.5. The average molecular weight is 639 g/mol. The Labute approximate surface area is 278 Å². The molecule has 0 amide bonds. The molecule has 2 aliphatic rings. The molecule has 4 aromatic rings. The fourth-order valence-corrected chi connectivity index (χ4v) is 6.98. The highest BCUT2D eigenvalue weighted by Gasteiger charge is 2.29. The highest BCUT2D eigenvalue weighted by molar-refractivity contribution is 5.52. The van der Waals surface area contributed by atoms with Crippen molar-refractivity contribution in [3.05, 3.63) is 100 Å². The van der Waals surface area contributed by atoms with Crippen LogP contribution in [0.3, 0.4) is 0 Å². The van der Waals surface area contributed by atoms with Gasteiger partial charge in [-0.05, 0) is 129 Å². The maximum atomic E-state index is 10.7. The van der Waals surface area contributed by atoms with Crippen molar-refractivity contribution in [2.75, 3.05) is 55.1 Å². The van der Waals surface area contributed by atoms with Crippen LogP contribution in [0.15, 0.2) is 66.7 Å². The van der Waals surface area contributed by atoms with Crippen molar-refractivity contribution >= 4 is 0 Å². The van der Waals surface area contributed by atoms with Gasteiger partial charge in [-0.25, -0.2) is 0 Å². The molecule has 0 unspecified atom stereocenters. The predicted octanol–water partition coefficient (Wildman–Crippen LogP) is 7.15. The van der Waals surface area contributed by atoms with Crippen molar-refractivity contribution in [2.24, 2.45) is 0 Å². The van der Waals surface area contributed by atoms with Gasteiger partial charge in [-0.3, -0.25) is 9.80 Å². The third kappa shape index (κ3) is 6.85. The SMILES string of the molecule is CCOc1cc2c(cc1OC)[C@@H](Cc1ccc(Oc3cc(C[C@@H]4c5cc(OC)c(OC)cc5CCN4C)ccc3O)cc1)N(C)CC2. The van der Waals surface area contributed by atoms with Crippen LogP contribution in [0, 0.1) is 0 Å². The predicted molar refractivity (Wildman–Crippen MR) is 184 cm³/mol. The average Bonchev–Trinajstić information content (AvgIpc) is 3.08. The van der Waals surface area contributed by atoms with Gasteiger partial charge in [-0.15, -0.1) is 0 Å². The van der Waals surface area contributed by atoms with Crippen LogP contribution in [0.25, 0.3) is 0 Å². The molecule has 8 heteroatoms. The fourth-order valence-electron chi connectivity index (χ4n) is 6.98. The van der Waals surface area contributed by atoms with E-state index in [2.05, 4.69) is 60.3 Å². The number of nitrogens with zero attached hydrogens (tertiary/aromatic N) is 2. The number of phenols is 1. The summed E-state index contributed by atoms with van der Waals surface area (Å²) in [6, 6.07) is 22.7. The van der Waals surface area contributed by atoms with E-state index in [1.165, 1.54) is 27.8 Å². The summed E-state index contributed by atoms with van der Waals surface area (Å²) in [6.07, 6.45) is 3.56. The molecule has 47 heavy (non-hydrogen) atoms. The number of likely N-dealkylation sites (N-methyl/N-ethyl adjacent to an activating group) is 2. The highest BCUT2D eigenvalue weighted by atomic mass is 16.5. The van der Waals surface area contributed by atoms with E-state index < -0.39 is 0 Å². The van der Waals surface area contributed by atoms with Gasteiger partial charge in [0.2, 0.25) is 0 Å². The Balaban J connectivity index is 1.18. The first-order valence-electron chi connectivity index (χ1n) is 16.4. The zero-order valence-corrected chi connectivity index (χ0v) is 28.3. The highest BCUT2D eigenvalue weighted by Crippen LogP contribution is 2.41. The molecule has 0 spiro atoms. The number of hydrogen-bond donors (Lipinski definition) is 1. The van der Waals surface area contributed by atoms with Gasteiger partial charge in [-0.2, -0.15) is 0 Å². The molecule has 1 N–H and O–H groups in total. The minimum Gasteiger partial charge on any atom is -0.504 e. The van der Waals surface area contributed by atoms with E-state index >= 15 is 0 Å². The molecule has 0 fully saturated rings. The zero-order valence-electron chi connectivity index (χ0n) is 28.3.